The lowest BCUT2D eigenvalue weighted by Gasteiger charge is -2.26. The molecule has 0 aliphatic carbocycles. The fourth-order valence-corrected chi connectivity index (χ4v) is 4.39. The van der Waals surface area contributed by atoms with Crippen LogP contribution in [-0.2, 0) is 4.79 Å². The summed E-state index contributed by atoms with van der Waals surface area (Å²) in [5, 5.41) is 3.71. The first kappa shape index (κ1) is 21.2. The van der Waals surface area contributed by atoms with Gasteiger partial charge in [0.2, 0.25) is 5.91 Å². The maximum absolute atomic E-state index is 13.1. The smallest absolute Gasteiger partial charge is 0.252 e. The molecule has 2 aliphatic rings. The number of fused-ring (bicyclic) bond motifs is 2. The number of benzene rings is 2. The summed E-state index contributed by atoms with van der Waals surface area (Å²) < 4.78 is 11.3. The number of pyridine rings is 1. The van der Waals surface area contributed by atoms with Crippen LogP contribution in [0.5, 0.6) is 11.5 Å². The molecule has 170 valence electrons. The number of amides is 2. The van der Waals surface area contributed by atoms with Crippen molar-refractivity contribution in [2.75, 3.05) is 32.8 Å². The summed E-state index contributed by atoms with van der Waals surface area (Å²) in [6.45, 7) is 2.99. The van der Waals surface area contributed by atoms with E-state index in [1.807, 2.05) is 47.4 Å². The standard InChI is InChI=1S/C26H27N3O4/c30-25(29-12-4-1-5-13-29)10-11-27-26(31)20-17-22(28-21-7-3-2-6-19(20)21)18-8-9-23-24(16-18)33-15-14-32-23/h2-3,6-9,16-17H,1,4-5,10-15H2,(H,27,31). The van der Waals surface area contributed by atoms with Crippen molar-refractivity contribution in [3.8, 4) is 22.8 Å². The zero-order valence-corrected chi connectivity index (χ0v) is 18.5. The highest BCUT2D eigenvalue weighted by atomic mass is 16.6. The van der Waals surface area contributed by atoms with E-state index in [1.54, 1.807) is 6.07 Å². The van der Waals surface area contributed by atoms with Crippen LogP contribution >= 0.6 is 0 Å². The van der Waals surface area contributed by atoms with Crippen molar-refractivity contribution in [2.24, 2.45) is 0 Å². The Kier molecular flexibility index (Phi) is 6.11. The van der Waals surface area contributed by atoms with Crippen LogP contribution in [0.25, 0.3) is 22.2 Å². The average Bonchev–Trinajstić information content (AvgIpc) is 2.88. The summed E-state index contributed by atoms with van der Waals surface area (Å²) in [5.41, 5.74) is 2.80. The lowest BCUT2D eigenvalue weighted by atomic mass is 10.0. The number of carbonyl (C=O) groups is 2. The second kappa shape index (κ2) is 9.48. The van der Waals surface area contributed by atoms with Crippen molar-refractivity contribution in [3.63, 3.8) is 0 Å². The van der Waals surface area contributed by atoms with E-state index in [9.17, 15) is 9.59 Å². The minimum absolute atomic E-state index is 0.103. The molecule has 1 saturated heterocycles. The van der Waals surface area contributed by atoms with Crippen LogP contribution in [0.3, 0.4) is 0 Å². The van der Waals surface area contributed by atoms with Gasteiger partial charge in [0.1, 0.15) is 13.2 Å². The molecular formula is C26H27N3O4. The van der Waals surface area contributed by atoms with Crippen LogP contribution in [-0.4, -0.2) is 54.5 Å². The molecule has 0 spiro atoms. The van der Waals surface area contributed by atoms with Crippen molar-refractivity contribution < 1.29 is 19.1 Å². The second-order valence-corrected chi connectivity index (χ2v) is 8.38. The van der Waals surface area contributed by atoms with E-state index in [0.717, 1.165) is 42.4 Å². The zero-order valence-electron chi connectivity index (χ0n) is 18.5. The Morgan fingerprint density at radius 2 is 1.73 bits per heavy atom. The Morgan fingerprint density at radius 3 is 2.58 bits per heavy atom. The molecule has 1 N–H and O–H groups in total. The van der Waals surface area contributed by atoms with Crippen molar-refractivity contribution in [1.29, 1.82) is 0 Å². The monoisotopic (exact) mass is 445 g/mol. The summed E-state index contributed by atoms with van der Waals surface area (Å²) in [4.78, 5) is 32.2. The van der Waals surface area contributed by atoms with Gasteiger partial charge in [0.25, 0.3) is 5.91 Å². The van der Waals surface area contributed by atoms with Gasteiger partial charge < -0.3 is 19.7 Å². The van der Waals surface area contributed by atoms with Gasteiger partial charge in [-0.15, -0.1) is 0 Å². The van der Waals surface area contributed by atoms with E-state index in [-0.39, 0.29) is 11.8 Å². The van der Waals surface area contributed by atoms with E-state index in [1.165, 1.54) is 6.42 Å². The largest absolute Gasteiger partial charge is 0.486 e. The molecule has 2 amide bonds. The number of hydrogen-bond acceptors (Lipinski definition) is 5. The molecule has 0 saturated carbocycles. The molecule has 3 aromatic rings. The van der Waals surface area contributed by atoms with E-state index in [2.05, 4.69) is 5.32 Å². The van der Waals surface area contributed by atoms with Gasteiger partial charge >= 0.3 is 0 Å². The van der Waals surface area contributed by atoms with Crippen LogP contribution < -0.4 is 14.8 Å². The fourth-order valence-electron chi connectivity index (χ4n) is 4.39. The predicted molar refractivity (Wildman–Crippen MR) is 126 cm³/mol. The third kappa shape index (κ3) is 4.62. The maximum atomic E-state index is 13.1. The van der Waals surface area contributed by atoms with Crippen LogP contribution in [0.1, 0.15) is 36.0 Å². The minimum atomic E-state index is -0.209. The highest BCUT2D eigenvalue weighted by Crippen LogP contribution is 2.35. The third-order valence-corrected chi connectivity index (χ3v) is 6.13. The maximum Gasteiger partial charge on any atom is 0.252 e. The highest BCUT2D eigenvalue weighted by Gasteiger charge is 2.19. The number of piperidine rings is 1. The number of rotatable bonds is 5. The number of ether oxygens (including phenoxy) is 2. The lowest BCUT2D eigenvalue weighted by molar-refractivity contribution is -0.131. The SMILES string of the molecule is O=C(NCCC(=O)N1CCCCC1)c1cc(-c2ccc3c(c2)OCCO3)nc2ccccc12. The number of aromatic nitrogens is 1. The second-order valence-electron chi connectivity index (χ2n) is 8.38. The van der Waals surface area contributed by atoms with E-state index in [4.69, 9.17) is 14.5 Å². The van der Waals surface area contributed by atoms with Crippen molar-refractivity contribution >= 4 is 22.7 Å². The van der Waals surface area contributed by atoms with Gasteiger partial charge in [-0.1, -0.05) is 18.2 Å². The number of nitrogens with zero attached hydrogens (tertiary/aromatic N) is 2. The van der Waals surface area contributed by atoms with E-state index >= 15 is 0 Å². The van der Waals surface area contributed by atoms with Gasteiger partial charge in [0.05, 0.1) is 16.8 Å². The Bertz CT molecular complexity index is 1190. The first-order valence-corrected chi connectivity index (χ1v) is 11.5. The van der Waals surface area contributed by atoms with Gasteiger partial charge in [-0.2, -0.15) is 0 Å². The summed E-state index contributed by atoms with van der Waals surface area (Å²) in [5.74, 6) is 1.28. The first-order chi connectivity index (χ1) is 16.2. The average molecular weight is 446 g/mol. The number of carbonyl (C=O) groups excluding carboxylic acids is 2. The molecule has 2 aliphatic heterocycles. The number of hydrogen-bond donors (Lipinski definition) is 1. The van der Waals surface area contributed by atoms with Crippen molar-refractivity contribution in [2.45, 2.75) is 25.7 Å². The first-order valence-electron chi connectivity index (χ1n) is 11.5. The molecule has 0 radical (unpaired) electrons. The summed E-state index contributed by atoms with van der Waals surface area (Å²) in [6, 6.07) is 15.1. The van der Waals surface area contributed by atoms with Crippen LogP contribution in [0, 0.1) is 0 Å². The van der Waals surface area contributed by atoms with Gasteiger partial charge in [-0.25, -0.2) is 4.98 Å². The molecule has 1 fully saturated rings. The number of para-hydroxylation sites is 1. The Hall–Kier alpha value is -3.61. The molecule has 3 heterocycles. The Morgan fingerprint density at radius 1 is 0.939 bits per heavy atom. The molecule has 7 nitrogen and oxygen atoms in total. The van der Waals surface area contributed by atoms with Crippen LogP contribution in [0.2, 0.25) is 0 Å². The molecular weight excluding hydrogens is 418 g/mol. The summed E-state index contributed by atoms with van der Waals surface area (Å²) in [6.07, 6.45) is 3.61. The summed E-state index contributed by atoms with van der Waals surface area (Å²) in [7, 11) is 0. The van der Waals surface area contributed by atoms with Crippen LogP contribution in [0.4, 0.5) is 0 Å². The summed E-state index contributed by atoms with van der Waals surface area (Å²) >= 11 is 0. The van der Waals surface area contributed by atoms with Gasteiger partial charge in [0, 0.05) is 37.0 Å². The number of likely N-dealkylation sites (tertiary alicyclic amines) is 1. The topological polar surface area (TPSA) is 80.8 Å². The molecule has 0 unspecified atom stereocenters. The van der Waals surface area contributed by atoms with Crippen molar-refractivity contribution in [3.05, 3.63) is 54.1 Å². The molecule has 0 bridgehead atoms. The van der Waals surface area contributed by atoms with Gasteiger partial charge in [-0.3, -0.25) is 9.59 Å². The zero-order chi connectivity index (χ0) is 22.6. The molecule has 2 aromatic carbocycles. The molecule has 7 heteroatoms. The quantitative estimate of drug-likeness (QED) is 0.646. The molecule has 0 atom stereocenters. The highest BCUT2D eigenvalue weighted by molar-refractivity contribution is 6.07. The lowest BCUT2D eigenvalue weighted by Crippen LogP contribution is -2.37. The number of nitrogens with one attached hydrogen (secondary N) is 1. The normalized spacial score (nSPS) is 15.3. The molecule has 5 rings (SSSR count). The van der Waals surface area contributed by atoms with Gasteiger partial charge in [-0.05, 0) is 49.6 Å². The van der Waals surface area contributed by atoms with E-state index in [0.29, 0.717) is 48.9 Å². The minimum Gasteiger partial charge on any atom is -0.486 e. The predicted octanol–water partition coefficient (Wildman–Crippen LogP) is 3.81. The third-order valence-electron chi connectivity index (χ3n) is 6.13. The van der Waals surface area contributed by atoms with E-state index < -0.39 is 0 Å². The van der Waals surface area contributed by atoms with Crippen molar-refractivity contribution in [1.82, 2.24) is 15.2 Å². The fraction of sp³-hybridized carbons (Fsp3) is 0.346. The molecule has 33 heavy (non-hydrogen) atoms. The Labute approximate surface area is 192 Å². The molecule has 1 aromatic heterocycles. The van der Waals surface area contributed by atoms with Crippen LogP contribution in [0.15, 0.2) is 48.5 Å². The van der Waals surface area contributed by atoms with Gasteiger partial charge in [0.15, 0.2) is 11.5 Å². The Balaban J connectivity index is 1.37.